The minimum Gasteiger partial charge on any atom is -0.452 e. The van der Waals surface area contributed by atoms with Crippen LogP contribution in [0.2, 0.25) is 0 Å². The lowest BCUT2D eigenvalue weighted by Crippen LogP contribution is -2.22. The Balaban J connectivity index is 2.03. The molecule has 0 aromatic heterocycles. The monoisotopic (exact) mass is 354 g/mol. The van der Waals surface area contributed by atoms with E-state index in [0.29, 0.717) is 0 Å². The van der Waals surface area contributed by atoms with Gasteiger partial charge in [0.2, 0.25) is 0 Å². The highest BCUT2D eigenvalue weighted by Crippen LogP contribution is 2.21. The lowest BCUT2D eigenvalue weighted by Gasteiger charge is -2.08. The van der Waals surface area contributed by atoms with Gasteiger partial charge in [-0.05, 0) is 18.2 Å². The largest absolute Gasteiger partial charge is 0.452 e. The van der Waals surface area contributed by atoms with Crippen molar-refractivity contribution in [3.63, 3.8) is 0 Å². The number of nitro benzene ring substituents is 1. The second-order valence-corrected chi connectivity index (χ2v) is 4.64. The maximum absolute atomic E-state index is 13.5. The van der Waals surface area contributed by atoms with Crippen LogP contribution in [0, 0.1) is 27.6 Å². The summed E-state index contributed by atoms with van der Waals surface area (Å²) in [6.45, 7) is -0.977. The predicted molar refractivity (Wildman–Crippen MR) is 78.3 cm³/mol. The molecule has 2 rings (SSSR count). The highest BCUT2D eigenvalue weighted by atomic mass is 19.1. The summed E-state index contributed by atoms with van der Waals surface area (Å²) in [5.74, 6) is -5.77. The summed E-state index contributed by atoms with van der Waals surface area (Å²) in [7, 11) is 0. The first-order valence-electron chi connectivity index (χ1n) is 6.64. The summed E-state index contributed by atoms with van der Waals surface area (Å²) in [6, 6.07) is 5.14. The molecule has 0 saturated heterocycles. The predicted octanol–water partition coefficient (Wildman–Crippen LogP) is 2.81. The fourth-order valence-corrected chi connectivity index (χ4v) is 1.80. The fraction of sp³-hybridized carbons (Fsp3) is 0.0667. The van der Waals surface area contributed by atoms with Crippen molar-refractivity contribution in [1.29, 1.82) is 0 Å². The number of amides is 1. The Kier molecular flexibility index (Phi) is 5.32. The van der Waals surface area contributed by atoms with Gasteiger partial charge in [0.15, 0.2) is 6.61 Å². The van der Waals surface area contributed by atoms with Gasteiger partial charge in [0.1, 0.15) is 23.0 Å². The van der Waals surface area contributed by atoms with Crippen LogP contribution in [-0.2, 0) is 9.53 Å². The molecule has 0 bridgehead atoms. The molecule has 1 N–H and O–H groups in total. The van der Waals surface area contributed by atoms with E-state index in [-0.39, 0.29) is 0 Å². The van der Waals surface area contributed by atoms with Crippen LogP contribution in [0.15, 0.2) is 36.4 Å². The fourth-order valence-electron chi connectivity index (χ4n) is 1.80. The van der Waals surface area contributed by atoms with E-state index in [9.17, 15) is 32.9 Å². The van der Waals surface area contributed by atoms with Gasteiger partial charge in [-0.2, -0.15) is 0 Å². The summed E-state index contributed by atoms with van der Waals surface area (Å²) in [6.07, 6.45) is 0. The summed E-state index contributed by atoms with van der Waals surface area (Å²) >= 11 is 0. The molecule has 0 spiro atoms. The van der Waals surface area contributed by atoms with Gasteiger partial charge in [-0.3, -0.25) is 14.9 Å². The van der Waals surface area contributed by atoms with Gasteiger partial charge in [-0.1, -0.05) is 6.07 Å². The van der Waals surface area contributed by atoms with Gasteiger partial charge in [-0.25, -0.2) is 18.0 Å². The SMILES string of the molecule is O=C(COC(=O)c1c(F)cccc1F)Nc1cc([N+](=O)[O-])ccc1F. The Morgan fingerprint density at radius 3 is 2.32 bits per heavy atom. The molecule has 0 heterocycles. The molecule has 0 aliphatic rings. The quantitative estimate of drug-likeness (QED) is 0.506. The van der Waals surface area contributed by atoms with Crippen molar-refractivity contribution in [2.75, 3.05) is 11.9 Å². The molecule has 7 nitrogen and oxygen atoms in total. The van der Waals surface area contributed by atoms with Gasteiger partial charge in [0, 0.05) is 12.1 Å². The number of hydrogen-bond donors (Lipinski definition) is 1. The highest BCUT2D eigenvalue weighted by Gasteiger charge is 2.20. The number of ether oxygens (including phenoxy) is 1. The molecular weight excluding hydrogens is 345 g/mol. The number of rotatable bonds is 5. The molecule has 2 aromatic rings. The van der Waals surface area contributed by atoms with Gasteiger partial charge < -0.3 is 10.1 Å². The molecule has 0 saturated carbocycles. The molecular formula is C15H9F3N2O5. The van der Waals surface area contributed by atoms with Crippen LogP contribution in [0.4, 0.5) is 24.5 Å². The molecule has 0 atom stereocenters. The Morgan fingerprint density at radius 1 is 1.08 bits per heavy atom. The van der Waals surface area contributed by atoms with E-state index in [4.69, 9.17) is 0 Å². The molecule has 25 heavy (non-hydrogen) atoms. The summed E-state index contributed by atoms with van der Waals surface area (Å²) < 4.78 is 44.8. The number of benzene rings is 2. The molecule has 0 radical (unpaired) electrons. The number of carbonyl (C=O) groups is 2. The maximum atomic E-state index is 13.5. The number of hydrogen-bond acceptors (Lipinski definition) is 5. The Labute approximate surface area is 138 Å². The van der Waals surface area contributed by atoms with E-state index in [0.717, 1.165) is 36.4 Å². The van der Waals surface area contributed by atoms with Crippen LogP contribution >= 0.6 is 0 Å². The Bertz CT molecular complexity index is 837. The third-order valence-electron chi connectivity index (χ3n) is 2.94. The first kappa shape index (κ1) is 17.9. The van der Waals surface area contributed by atoms with Crippen molar-refractivity contribution in [1.82, 2.24) is 0 Å². The maximum Gasteiger partial charge on any atom is 0.344 e. The number of non-ortho nitro benzene ring substituents is 1. The van der Waals surface area contributed by atoms with Gasteiger partial charge in [0.25, 0.3) is 11.6 Å². The van der Waals surface area contributed by atoms with Crippen LogP contribution in [0.1, 0.15) is 10.4 Å². The zero-order chi connectivity index (χ0) is 18.6. The van der Waals surface area contributed by atoms with E-state index >= 15 is 0 Å². The van der Waals surface area contributed by atoms with E-state index < -0.39 is 57.8 Å². The molecule has 0 unspecified atom stereocenters. The van der Waals surface area contributed by atoms with Crippen LogP contribution < -0.4 is 5.32 Å². The van der Waals surface area contributed by atoms with E-state index in [1.807, 2.05) is 5.32 Å². The summed E-state index contributed by atoms with van der Waals surface area (Å²) in [5, 5.41) is 12.6. The van der Waals surface area contributed by atoms with E-state index in [1.165, 1.54) is 0 Å². The number of halogens is 3. The van der Waals surface area contributed by atoms with Gasteiger partial charge in [-0.15, -0.1) is 0 Å². The number of carbonyl (C=O) groups excluding carboxylic acids is 2. The normalized spacial score (nSPS) is 10.2. The van der Waals surface area contributed by atoms with Crippen LogP contribution in [0.5, 0.6) is 0 Å². The number of nitro groups is 1. The summed E-state index contributed by atoms with van der Waals surface area (Å²) in [4.78, 5) is 33.1. The molecule has 0 aliphatic heterocycles. The Morgan fingerprint density at radius 2 is 1.72 bits per heavy atom. The van der Waals surface area contributed by atoms with Crippen LogP contribution in [0.3, 0.4) is 0 Å². The summed E-state index contributed by atoms with van der Waals surface area (Å²) in [5.41, 5.74) is -1.95. The molecule has 130 valence electrons. The molecule has 1 amide bonds. The number of anilines is 1. The van der Waals surface area contributed by atoms with Crippen LogP contribution in [0.25, 0.3) is 0 Å². The van der Waals surface area contributed by atoms with Crippen molar-refractivity contribution in [3.8, 4) is 0 Å². The third kappa shape index (κ3) is 4.31. The van der Waals surface area contributed by atoms with Gasteiger partial charge >= 0.3 is 5.97 Å². The van der Waals surface area contributed by atoms with E-state index in [1.54, 1.807) is 0 Å². The zero-order valence-corrected chi connectivity index (χ0v) is 12.3. The molecule has 10 heteroatoms. The smallest absolute Gasteiger partial charge is 0.344 e. The topological polar surface area (TPSA) is 98.5 Å². The van der Waals surface area contributed by atoms with Crippen molar-refractivity contribution in [2.24, 2.45) is 0 Å². The number of esters is 1. The van der Waals surface area contributed by atoms with Gasteiger partial charge in [0.05, 0.1) is 10.6 Å². The van der Waals surface area contributed by atoms with Crippen molar-refractivity contribution >= 4 is 23.3 Å². The first-order valence-corrected chi connectivity index (χ1v) is 6.64. The molecule has 0 aliphatic carbocycles. The Hall–Kier alpha value is -3.43. The van der Waals surface area contributed by atoms with E-state index in [2.05, 4.69) is 4.74 Å². The highest BCUT2D eigenvalue weighted by molar-refractivity contribution is 5.96. The zero-order valence-electron chi connectivity index (χ0n) is 12.3. The lowest BCUT2D eigenvalue weighted by molar-refractivity contribution is -0.384. The number of nitrogens with zero attached hydrogens (tertiary/aromatic N) is 1. The first-order chi connectivity index (χ1) is 11.8. The second kappa shape index (κ2) is 7.43. The minimum atomic E-state index is -1.43. The average molecular weight is 354 g/mol. The lowest BCUT2D eigenvalue weighted by atomic mass is 10.2. The van der Waals surface area contributed by atoms with Crippen LogP contribution in [-0.4, -0.2) is 23.4 Å². The average Bonchev–Trinajstić information content (AvgIpc) is 2.54. The molecule has 0 fully saturated rings. The van der Waals surface area contributed by atoms with Crippen molar-refractivity contribution in [3.05, 3.63) is 69.5 Å². The molecule has 2 aromatic carbocycles. The second-order valence-electron chi connectivity index (χ2n) is 4.64. The number of nitrogens with one attached hydrogen (secondary N) is 1. The standard InChI is InChI=1S/C15H9F3N2O5/c16-9-5-4-8(20(23)24)6-12(9)19-13(21)7-25-15(22)14-10(17)2-1-3-11(14)18/h1-6H,7H2,(H,19,21). The minimum absolute atomic E-state index is 0.470. The third-order valence-corrected chi connectivity index (χ3v) is 2.94. The van der Waals surface area contributed by atoms with Crippen molar-refractivity contribution < 1.29 is 32.4 Å². The van der Waals surface area contributed by atoms with Crippen molar-refractivity contribution in [2.45, 2.75) is 0 Å².